The summed E-state index contributed by atoms with van der Waals surface area (Å²) in [6, 6.07) is 5.03. The molecule has 21 heavy (non-hydrogen) atoms. The quantitative estimate of drug-likeness (QED) is 0.622. The van der Waals surface area contributed by atoms with Crippen molar-refractivity contribution in [3.05, 3.63) is 28.3 Å². The van der Waals surface area contributed by atoms with Gasteiger partial charge >= 0.3 is 5.69 Å². The third-order valence-corrected chi connectivity index (χ3v) is 4.19. The van der Waals surface area contributed by atoms with Gasteiger partial charge in [0.05, 0.1) is 17.6 Å². The molecule has 116 valence electrons. The normalized spacial score (nSPS) is 23.2. The van der Waals surface area contributed by atoms with Crippen LogP contribution in [0.1, 0.15) is 33.6 Å². The van der Waals surface area contributed by atoms with Crippen LogP contribution in [-0.2, 0) is 0 Å². The maximum atomic E-state index is 11.4. The Labute approximate surface area is 124 Å². The molecule has 1 aromatic carbocycles. The lowest BCUT2D eigenvalue weighted by atomic mass is 9.64. The van der Waals surface area contributed by atoms with E-state index in [0.29, 0.717) is 18.7 Å². The minimum Gasteiger partial charge on any atom is -0.487 e. The second kappa shape index (κ2) is 5.89. The van der Waals surface area contributed by atoms with E-state index >= 15 is 0 Å². The van der Waals surface area contributed by atoms with E-state index in [0.717, 1.165) is 6.42 Å². The summed E-state index contributed by atoms with van der Waals surface area (Å²) in [6.45, 7) is 6.29. The Morgan fingerprint density at radius 1 is 1.52 bits per heavy atom. The number of anilines is 1. The van der Waals surface area contributed by atoms with E-state index in [9.17, 15) is 15.2 Å². The van der Waals surface area contributed by atoms with Gasteiger partial charge in [0.1, 0.15) is 5.69 Å². The average Bonchev–Trinajstić information content (AvgIpc) is 2.44. The van der Waals surface area contributed by atoms with Crippen LogP contribution in [-0.4, -0.2) is 28.8 Å². The van der Waals surface area contributed by atoms with Crippen molar-refractivity contribution >= 4 is 11.4 Å². The minimum atomic E-state index is -0.421. The fraction of sp³-hybridized carbons (Fsp3) is 0.600. The molecule has 2 unspecified atom stereocenters. The number of aliphatic hydroxyl groups is 1. The molecule has 1 aliphatic carbocycles. The van der Waals surface area contributed by atoms with E-state index in [-0.39, 0.29) is 29.0 Å². The number of nitrogens with zero attached hydrogens (tertiary/aromatic N) is 1. The van der Waals surface area contributed by atoms with E-state index in [1.165, 1.54) is 0 Å². The summed E-state index contributed by atoms with van der Waals surface area (Å²) in [5, 5.41) is 24.3. The molecule has 0 bridgehead atoms. The highest BCUT2D eigenvalue weighted by atomic mass is 16.6. The number of nitro groups is 1. The molecule has 1 aliphatic rings. The molecule has 0 spiro atoms. The lowest BCUT2D eigenvalue weighted by molar-refractivity contribution is -0.385. The summed E-state index contributed by atoms with van der Waals surface area (Å²) >= 11 is 0. The number of benzene rings is 1. The Morgan fingerprint density at radius 3 is 2.76 bits per heavy atom. The van der Waals surface area contributed by atoms with E-state index in [1.54, 1.807) is 18.2 Å². The second-order valence-electron chi connectivity index (χ2n) is 6.03. The van der Waals surface area contributed by atoms with Crippen LogP contribution in [0.5, 0.6) is 5.75 Å². The van der Waals surface area contributed by atoms with Crippen molar-refractivity contribution in [2.45, 2.75) is 45.8 Å². The lowest BCUT2D eigenvalue weighted by Crippen LogP contribution is -2.56. The summed E-state index contributed by atoms with van der Waals surface area (Å²) in [6.07, 6.45) is 0.995. The number of rotatable bonds is 6. The number of nitrogens with one attached hydrogen (secondary N) is 1. The Morgan fingerprint density at radius 2 is 2.24 bits per heavy atom. The summed E-state index contributed by atoms with van der Waals surface area (Å²) in [5.74, 6) is 0.282. The standard InChI is InChI=1S/C15H22N2O4/c1-4-8-21-11-7-5-6-10(14(11)17(19)20)16-12-9-13(18)15(12,2)3/h5-7,12-13,16,18H,4,8-9H2,1-3H3. The molecule has 2 rings (SSSR count). The molecule has 6 heteroatoms. The van der Waals surface area contributed by atoms with Crippen molar-refractivity contribution in [3.8, 4) is 5.75 Å². The number of para-hydroxylation sites is 1. The maximum Gasteiger partial charge on any atom is 0.333 e. The predicted octanol–water partition coefficient (Wildman–Crippen LogP) is 2.95. The molecule has 2 atom stereocenters. The van der Waals surface area contributed by atoms with E-state index < -0.39 is 4.92 Å². The van der Waals surface area contributed by atoms with Crippen LogP contribution >= 0.6 is 0 Å². The molecule has 0 aromatic heterocycles. The third kappa shape index (κ3) is 2.95. The van der Waals surface area contributed by atoms with Gasteiger partial charge in [0, 0.05) is 11.5 Å². The van der Waals surface area contributed by atoms with Crippen molar-refractivity contribution in [1.29, 1.82) is 0 Å². The SMILES string of the molecule is CCCOc1cccc(NC2CC(O)C2(C)C)c1[N+](=O)[O-]. The van der Waals surface area contributed by atoms with Gasteiger partial charge in [-0.25, -0.2) is 0 Å². The van der Waals surface area contributed by atoms with Gasteiger partial charge in [0.25, 0.3) is 0 Å². The number of nitro benzene ring substituents is 1. The molecular weight excluding hydrogens is 272 g/mol. The molecule has 1 fully saturated rings. The van der Waals surface area contributed by atoms with Crippen LogP contribution < -0.4 is 10.1 Å². The predicted molar refractivity (Wildman–Crippen MR) is 80.7 cm³/mol. The van der Waals surface area contributed by atoms with Crippen molar-refractivity contribution in [1.82, 2.24) is 0 Å². The zero-order valence-electron chi connectivity index (χ0n) is 12.6. The second-order valence-corrected chi connectivity index (χ2v) is 6.03. The number of hydrogen-bond donors (Lipinski definition) is 2. The molecular formula is C15H22N2O4. The fourth-order valence-electron chi connectivity index (χ4n) is 2.49. The summed E-state index contributed by atoms with van der Waals surface area (Å²) in [4.78, 5) is 10.9. The van der Waals surface area contributed by atoms with Gasteiger partial charge in [0.15, 0.2) is 5.75 Å². The minimum absolute atomic E-state index is 0.00706. The van der Waals surface area contributed by atoms with Gasteiger partial charge in [-0.3, -0.25) is 10.1 Å². The van der Waals surface area contributed by atoms with Crippen molar-refractivity contribution in [3.63, 3.8) is 0 Å². The fourth-order valence-corrected chi connectivity index (χ4v) is 2.49. The first-order chi connectivity index (χ1) is 9.87. The first kappa shape index (κ1) is 15.6. The summed E-state index contributed by atoms with van der Waals surface area (Å²) in [5.41, 5.74) is 0.107. The van der Waals surface area contributed by atoms with Crippen LogP contribution in [0, 0.1) is 15.5 Å². The Hall–Kier alpha value is -1.82. The first-order valence-corrected chi connectivity index (χ1v) is 7.22. The molecule has 1 aromatic rings. The zero-order chi connectivity index (χ0) is 15.6. The first-order valence-electron chi connectivity index (χ1n) is 7.22. The van der Waals surface area contributed by atoms with Crippen molar-refractivity contribution < 1.29 is 14.8 Å². The van der Waals surface area contributed by atoms with Gasteiger partial charge in [-0.05, 0) is 25.0 Å². The van der Waals surface area contributed by atoms with Crippen LogP contribution in [0.2, 0.25) is 0 Å². The summed E-state index contributed by atoms with van der Waals surface area (Å²) in [7, 11) is 0. The molecule has 0 aliphatic heterocycles. The van der Waals surface area contributed by atoms with Crippen molar-refractivity contribution in [2.75, 3.05) is 11.9 Å². The average molecular weight is 294 g/mol. The van der Waals surface area contributed by atoms with Gasteiger partial charge in [0.2, 0.25) is 0 Å². The Balaban J connectivity index is 2.25. The molecule has 0 saturated heterocycles. The van der Waals surface area contributed by atoms with Gasteiger partial charge in [-0.2, -0.15) is 0 Å². The maximum absolute atomic E-state index is 11.4. The highest BCUT2D eigenvalue weighted by molar-refractivity contribution is 5.69. The van der Waals surface area contributed by atoms with Crippen LogP contribution in [0.4, 0.5) is 11.4 Å². The topological polar surface area (TPSA) is 84.6 Å². The monoisotopic (exact) mass is 294 g/mol. The third-order valence-electron chi connectivity index (χ3n) is 4.19. The van der Waals surface area contributed by atoms with E-state index in [4.69, 9.17) is 4.74 Å². The van der Waals surface area contributed by atoms with Crippen LogP contribution in [0.15, 0.2) is 18.2 Å². The number of ether oxygens (including phenoxy) is 1. The highest BCUT2D eigenvalue weighted by Gasteiger charge is 2.47. The van der Waals surface area contributed by atoms with Gasteiger partial charge in [-0.1, -0.05) is 26.8 Å². The molecule has 0 heterocycles. The number of hydrogen-bond acceptors (Lipinski definition) is 5. The number of aliphatic hydroxyl groups excluding tert-OH is 1. The van der Waals surface area contributed by atoms with Gasteiger partial charge < -0.3 is 15.2 Å². The van der Waals surface area contributed by atoms with E-state index in [2.05, 4.69) is 5.32 Å². The molecule has 6 nitrogen and oxygen atoms in total. The molecule has 2 N–H and O–H groups in total. The van der Waals surface area contributed by atoms with E-state index in [1.807, 2.05) is 20.8 Å². The van der Waals surface area contributed by atoms with Crippen LogP contribution in [0.25, 0.3) is 0 Å². The Kier molecular flexibility index (Phi) is 4.37. The smallest absolute Gasteiger partial charge is 0.333 e. The van der Waals surface area contributed by atoms with Crippen molar-refractivity contribution in [2.24, 2.45) is 5.41 Å². The van der Waals surface area contributed by atoms with Crippen LogP contribution in [0.3, 0.4) is 0 Å². The van der Waals surface area contributed by atoms with Gasteiger partial charge in [-0.15, -0.1) is 0 Å². The molecule has 1 saturated carbocycles. The Bertz CT molecular complexity index is 530. The molecule has 0 radical (unpaired) electrons. The largest absolute Gasteiger partial charge is 0.487 e. The molecule has 0 amide bonds. The lowest BCUT2D eigenvalue weighted by Gasteiger charge is -2.49. The summed E-state index contributed by atoms with van der Waals surface area (Å²) < 4.78 is 5.46. The highest BCUT2D eigenvalue weighted by Crippen LogP contribution is 2.44. The zero-order valence-corrected chi connectivity index (χ0v) is 12.6.